The van der Waals surface area contributed by atoms with Gasteiger partial charge < -0.3 is 9.64 Å². The van der Waals surface area contributed by atoms with Crippen LogP contribution in [0.25, 0.3) is 33.4 Å². The molecule has 9 aromatic carbocycles. The van der Waals surface area contributed by atoms with Crippen molar-refractivity contribution in [3.8, 4) is 44.9 Å². The highest BCUT2D eigenvalue weighted by Gasteiger charge is 2.55. The Morgan fingerprint density at radius 1 is 0.392 bits per heavy atom. The molecule has 366 valence electrons. The number of para-hydroxylation sites is 2. The summed E-state index contributed by atoms with van der Waals surface area (Å²) < 4.78 is 51.9. The van der Waals surface area contributed by atoms with E-state index in [1.807, 2.05) is 18.2 Å². The van der Waals surface area contributed by atoms with Gasteiger partial charge in [-0.3, -0.25) is 0 Å². The first-order chi connectivity index (χ1) is 37.3. The first-order valence-corrected chi connectivity index (χ1v) is 26.4. The Kier molecular flexibility index (Phi) is 9.57. The predicted molar refractivity (Wildman–Crippen MR) is 315 cm³/mol. The molecule has 0 unspecified atom stereocenters. The molecule has 3 heteroatoms. The van der Waals surface area contributed by atoms with Gasteiger partial charge in [-0.15, -0.1) is 0 Å². The summed E-state index contributed by atoms with van der Waals surface area (Å²) in [5.41, 5.74) is 19.3. The molecular formula is C71H68BNO. The molecule has 0 aliphatic carbocycles. The average molecular weight is 967 g/mol. The Hall–Kier alpha value is -7.36. The van der Waals surface area contributed by atoms with E-state index in [9.17, 15) is 2.74 Å². The summed E-state index contributed by atoms with van der Waals surface area (Å²) in [6.45, 7) is 27.2. The van der Waals surface area contributed by atoms with Gasteiger partial charge in [-0.05, 0) is 130 Å². The van der Waals surface area contributed by atoms with Crippen LogP contribution in [0.1, 0.15) is 134 Å². The average Bonchev–Trinajstić information content (AvgIpc) is 2.09. The van der Waals surface area contributed by atoms with Gasteiger partial charge in [0, 0.05) is 28.1 Å². The van der Waals surface area contributed by atoms with Crippen molar-refractivity contribution in [2.45, 2.75) is 110 Å². The molecule has 0 bridgehead atoms. The number of hydrogen-bond donors (Lipinski definition) is 0. The Bertz CT molecular complexity index is 3890. The molecule has 0 atom stereocenters. The Morgan fingerprint density at radius 2 is 0.946 bits per heavy atom. The van der Waals surface area contributed by atoms with Crippen molar-refractivity contribution >= 4 is 40.2 Å². The van der Waals surface area contributed by atoms with Gasteiger partial charge in [0.15, 0.2) is 0 Å². The summed E-state index contributed by atoms with van der Waals surface area (Å²) in [7, 11) is 0. The van der Waals surface area contributed by atoms with Crippen LogP contribution in [0.3, 0.4) is 0 Å². The van der Waals surface area contributed by atoms with Crippen molar-refractivity contribution in [1.82, 2.24) is 0 Å². The third-order valence-electron chi connectivity index (χ3n) is 16.1. The zero-order valence-electron chi connectivity index (χ0n) is 50.0. The number of rotatable bonds is 4. The molecule has 0 aromatic heterocycles. The summed E-state index contributed by atoms with van der Waals surface area (Å²) in [4.78, 5) is 2.58. The van der Waals surface area contributed by atoms with Crippen molar-refractivity contribution in [2.24, 2.45) is 0 Å². The Morgan fingerprint density at radius 3 is 1.55 bits per heavy atom. The van der Waals surface area contributed by atoms with Crippen LogP contribution in [0.5, 0.6) is 11.5 Å². The van der Waals surface area contributed by atoms with Gasteiger partial charge in [-0.25, -0.2) is 0 Å². The van der Waals surface area contributed by atoms with E-state index >= 15 is 0 Å². The monoisotopic (exact) mass is 967 g/mol. The molecule has 3 aliphatic heterocycles. The second kappa shape index (κ2) is 16.8. The van der Waals surface area contributed by atoms with E-state index in [4.69, 9.17) is 8.85 Å². The highest BCUT2D eigenvalue weighted by molar-refractivity contribution is 6.99. The number of nitrogens with zero attached hydrogens (tertiary/aromatic N) is 1. The fraction of sp³-hybridized carbons (Fsp3) is 0.239. The van der Waals surface area contributed by atoms with Gasteiger partial charge in [0.2, 0.25) is 6.71 Å². The quantitative estimate of drug-likeness (QED) is 0.163. The number of hydrogen-bond acceptors (Lipinski definition) is 2. The Balaban J connectivity index is 1.27. The molecule has 0 saturated carbocycles. The van der Waals surface area contributed by atoms with E-state index in [1.54, 1.807) is 0 Å². The Labute approximate surface area is 448 Å². The molecule has 1 spiro atoms. The van der Waals surface area contributed by atoms with E-state index in [0.717, 1.165) is 84.0 Å². The molecule has 0 saturated heterocycles. The molecule has 0 fully saturated rings. The van der Waals surface area contributed by atoms with Crippen LogP contribution < -0.4 is 26.0 Å². The van der Waals surface area contributed by atoms with Crippen molar-refractivity contribution in [2.75, 3.05) is 4.90 Å². The number of fused-ring (bicyclic) bond motifs is 10. The van der Waals surface area contributed by atoms with E-state index in [1.165, 1.54) is 27.7 Å². The number of anilines is 3. The summed E-state index contributed by atoms with van der Waals surface area (Å²) >= 11 is 0. The minimum Gasteiger partial charge on any atom is -0.457 e. The van der Waals surface area contributed by atoms with E-state index < -0.39 is 11.5 Å². The van der Waals surface area contributed by atoms with Crippen molar-refractivity contribution in [3.63, 3.8) is 0 Å². The lowest BCUT2D eigenvalue weighted by Gasteiger charge is -2.51. The molecule has 9 aromatic rings. The van der Waals surface area contributed by atoms with Gasteiger partial charge in [-0.2, -0.15) is 0 Å². The lowest BCUT2D eigenvalue weighted by Crippen LogP contribution is -2.65. The van der Waals surface area contributed by atoms with Crippen LogP contribution in [0.2, 0.25) is 0 Å². The maximum atomic E-state index is 9.33. The lowest BCUT2D eigenvalue weighted by atomic mass is 9.29. The van der Waals surface area contributed by atoms with Crippen LogP contribution in [0, 0.1) is 0 Å². The summed E-state index contributed by atoms with van der Waals surface area (Å²) in [6.07, 6.45) is 0. The normalized spacial score (nSPS) is 15.3. The third kappa shape index (κ3) is 7.60. The van der Waals surface area contributed by atoms with Gasteiger partial charge in [0.25, 0.3) is 0 Å². The molecule has 0 radical (unpaired) electrons. The van der Waals surface area contributed by atoms with Crippen LogP contribution in [-0.4, -0.2) is 6.71 Å². The van der Waals surface area contributed by atoms with Gasteiger partial charge in [0.05, 0.1) is 18.0 Å². The maximum absolute atomic E-state index is 9.33. The fourth-order valence-corrected chi connectivity index (χ4v) is 12.0. The smallest absolute Gasteiger partial charge is 0.247 e. The zero-order valence-corrected chi connectivity index (χ0v) is 45.0. The van der Waals surface area contributed by atoms with E-state index in [0.29, 0.717) is 5.56 Å². The van der Waals surface area contributed by atoms with E-state index in [-0.39, 0.29) is 58.1 Å². The number of ether oxygens (including phenoxy) is 1. The SMILES string of the molecule is [2H]c1c([2H])c([2H])c(-c2ccc3c(c2)C2(c4ccccc4Oc4ccccc42)c2cc(C(C)(C)C)cc4c2B3c2ccc(-c3cc(C(C)(C)C)cc(C(C)(C)C)c3)cc2N4c2ccc(C(C)(C)C)cc2-c2ccccc2)c([2H])c1[2H]. The van der Waals surface area contributed by atoms with Crippen molar-refractivity contribution < 1.29 is 11.6 Å². The molecule has 0 N–H and O–H groups in total. The zero-order chi connectivity index (χ0) is 56.0. The molecule has 3 heterocycles. The van der Waals surface area contributed by atoms with Gasteiger partial charge >= 0.3 is 0 Å². The standard InChI is InChI=1S/C71H68BNO/c1-67(2,3)50-33-36-61(54(42-50)46-25-17-14-18-26-46)73-62-40-48(49-37-51(68(4,5)6)41-52(38-49)69(7,8)9)32-35-60(62)72-59-34-31-47(45-23-15-13-16-24-45)39-57(59)71(58-43-53(70(10,11)12)44-63(73)66(58)72)55-27-19-21-29-64(55)74-65-30-22-20-28-56(65)71/h13-44H,1-12H3/i13D,15D,16D,23D,24D. The molecule has 12 rings (SSSR count). The maximum Gasteiger partial charge on any atom is 0.247 e. The van der Waals surface area contributed by atoms with E-state index in [2.05, 4.69) is 234 Å². The first kappa shape index (κ1) is 42.0. The predicted octanol–water partition coefficient (Wildman–Crippen LogP) is 17.0. The molecule has 74 heavy (non-hydrogen) atoms. The topological polar surface area (TPSA) is 12.5 Å². The summed E-state index contributed by atoms with van der Waals surface area (Å²) in [5.74, 6) is 1.48. The molecule has 0 amide bonds. The first-order valence-electron chi connectivity index (χ1n) is 28.9. The molecular weight excluding hydrogens is 894 g/mol. The third-order valence-corrected chi connectivity index (χ3v) is 16.1. The summed E-state index contributed by atoms with van der Waals surface area (Å²) in [6, 6.07) is 58.6. The summed E-state index contributed by atoms with van der Waals surface area (Å²) in [5, 5.41) is 0. The number of benzene rings is 9. The van der Waals surface area contributed by atoms with Crippen LogP contribution in [0.15, 0.2) is 194 Å². The second-order valence-corrected chi connectivity index (χ2v) is 25.0. The van der Waals surface area contributed by atoms with Crippen molar-refractivity contribution in [1.29, 1.82) is 0 Å². The van der Waals surface area contributed by atoms with Gasteiger partial charge in [-0.1, -0.05) is 246 Å². The molecule has 2 nitrogen and oxygen atoms in total. The highest BCUT2D eigenvalue weighted by Crippen LogP contribution is 2.58. The van der Waals surface area contributed by atoms with Crippen LogP contribution in [0.4, 0.5) is 17.1 Å². The van der Waals surface area contributed by atoms with Gasteiger partial charge in [0.1, 0.15) is 11.5 Å². The highest BCUT2D eigenvalue weighted by atomic mass is 16.5. The minimum atomic E-state index is -1.01. The van der Waals surface area contributed by atoms with Crippen molar-refractivity contribution in [3.05, 3.63) is 239 Å². The largest absolute Gasteiger partial charge is 0.457 e. The minimum absolute atomic E-state index is 0.0917. The lowest BCUT2D eigenvalue weighted by molar-refractivity contribution is 0.435. The van der Waals surface area contributed by atoms with Crippen LogP contribution in [-0.2, 0) is 27.1 Å². The molecule has 3 aliphatic rings. The fourth-order valence-electron chi connectivity index (χ4n) is 12.0. The second-order valence-electron chi connectivity index (χ2n) is 25.0. The van der Waals surface area contributed by atoms with Crippen LogP contribution >= 0.6 is 0 Å².